The third-order valence-electron chi connectivity index (χ3n) is 2.74. The minimum Gasteiger partial charge on any atom is -0.480 e. The summed E-state index contributed by atoms with van der Waals surface area (Å²) < 4.78 is 5.51. The first-order valence-electron chi connectivity index (χ1n) is 5.98. The second kappa shape index (κ2) is 7.11. The van der Waals surface area contributed by atoms with Crippen molar-refractivity contribution < 1.29 is 19.4 Å². The van der Waals surface area contributed by atoms with E-state index in [1.54, 1.807) is 0 Å². The molecule has 2 amide bonds. The fourth-order valence-corrected chi connectivity index (χ4v) is 1.69. The van der Waals surface area contributed by atoms with Crippen LogP contribution in [0.25, 0.3) is 0 Å². The normalized spacial score (nSPS) is 21.6. The summed E-state index contributed by atoms with van der Waals surface area (Å²) in [7, 11) is 0. The number of ether oxygens (including phenoxy) is 1. The smallest absolute Gasteiger partial charge is 0.325 e. The summed E-state index contributed by atoms with van der Waals surface area (Å²) in [6.07, 6.45) is 4.32. The molecule has 0 aromatic heterocycles. The van der Waals surface area contributed by atoms with Gasteiger partial charge in [0, 0.05) is 13.2 Å². The standard InChI is InChI=1S/C11H20N2O4/c1-8(10(14)15)13-11(16)12-6-5-9-4-2-3-7-17-9/h8-9H,2-7H2,1H3,(H,14,15)(H2,12,13,16)/t8-,9?/m0/s1. The van der Waals surface area contributed by atoms with Crippen molar-refractivity contribution in [2.75, 3.05) is 13.2 Å². The van der Waals surface area contributed by atoms with Crippen LogP contribution >= 0.6 is 0 Å². The van der Waals surface area contributed by atoms with Gasteiger partial charge in [-0.3, -0.25) is 4.79 Å². The van der Waals surface area contributed by atoms with Gasteiger partial charge in [0.1, 0.15) is 6.04 Å². The molecular formula is C11H20N2O4. The van der Waals surface area contributed by atoms with E-state index in [2.05, 4.69) is 10.6 Å². The van der Waals surface area contributed by atoms with Gasteiger partial charge in [0.05, 0.1) is 6.10 Å². The number of carbonyl (C=O) groups is 2. The second-order valence-corrected chi connectivity index (χ2v) is 4.24. The molecular weight excluding hydrogens is 224 g/mol. The average molecular weight is 244 g/mol. The van der Waals surface area contributed by atoms with Gasteiger partial charge < -0.3 is 20.5 Å². The zero-order valence-corrected chi connectivity index (χ0v) is 10.1. The number of hydrogen-bond donors (Lipinski definition) is 3. The van der Waals surface area contributed by atoms with Crippen molar-refractivity contribution in [1.29, 1.82) is 0 Å². The van der Waals surface area contributed by atoms with Crippen molar-refractivity contribution in [3.8, 4) is 0 Å². The zero-order chi connectivity index (χ0) is 12.7. The first-order valence-corrected chi connectivity index (χ1v) is 5.98. The average Bonchev–Trinajstić information content (AvgIpc) is 2.30. The van der Waals surface area contributed by atoms with Crippen molar-refractivity contribution >= 4 is 12.0 Å². The van der Waals surface area contributed by atoms with Crippen LogP contribution in [0, 0.1) is 0 Å². The molecule has 6 nitrogen and oxygen atoms in total. The molecule has 3 N–H and O–H groups in total. The summed E-state index contributed by atoms with van der Waals surface area (Å²) in [5, 5.41) is 13.5. The Labute approximate surface area is 101 Å². The summed E-state index contributed by atoms with van der Waals surface area (Å²) in [6, 6.07) is -1.32. The zero-order valence-electron chi connectivity index (χ0n) is 10.1. The van der Waals surface area contributed by atoms with Crippen LogP contribution in [0.15, 0.2) is 0 Å². The Morgan fingerprint density at radius 2 is 2.24 bits per heavy atom. The van der Waals surface area contributed by atoms with Crippen LogP contribution in [0.3, 0.4) is 0 Å². The maximum absolute atomic E-state index is 11.3. The molecule has 1 unspecified atom stereocenters. The number of aliphatic carboxylic acids is 1. The minimum atomic E-state index is -1.05. The summed E-state index contributed by atoms with van der Waals surface area (Å²) >= 11 is 0. The first-order chi connectivity index (χ1) is 8.09. The van der Waals surface area contributed by atoms with Crippen LogP contribution in [0.1, 0.15) is 32.6 Å². The van der Waals surface area contributed by atoms with E-state index in [1.807, 2.05) is 0 Å². The minimum absolute atomic E-state index is 0.223. The molecule has 1 saturated heterocycles. The molecule has 1 aliphatic heterocycles. The highest BCUT2D eigenvalue weighted by molar-refractivity contribution is 5.82. The summed E-state index contributed by atoms with van der Waals surface area (Å²) in [5.74, 6) is -1.05. The highest BCUT2D eigenvalue weighted by Gasteiger charge is 2.15. The molecule has 0 bridgehead atoms. The number of carboxylic acids is 1. The van der Waals surface area contributed by atoms with E-state index < -0.39 is 18.0 Å². The third-order valence-corrected chi connectivity index (χ3v) is 2.74. The van der Waals surface area contributed by atoms with Gasteiger partial charge >= 0.3 is 12.0 Å². The molecule has 0 radical (unpaired) electrons. The lowest BCUT2D eigenvalue weighted by molar-refractivity contribution is -0.138. The van der Waals surface area contributed by atoms with Crippen LogP contribution in [0.4, 0.5) is 4.79 Å². The fourth-order valence-electron chi connectivity index (χ4n) is 1.69. The molecule has 0 aromatic rings. The van der Waals surface area contributed by atoms with E-state index in [-0.39, 0.29) is 6.10 Å². The molecule has 0 saturated carbocycles. The van der Waals surface area contributed by atoms with Gasteiger partial charge in [-0.25, -0.2) is 4.79 Å². The number of amides is 2. The van der Waals surface area contributed by atoms with Crippen LogP contribution in [-0.2, 0) is 9.53 Å². The SMILES string of the molecule is C[C@H](NC(=O)NCCC1CCCCO1)C(=O)O. The van der Waals surface area contributed by atoms with Gasteiger partial charge in [-0.2, -0.15) is 0 Å². The Morgan fingerprint density at radius 1 is 1.47 bits per heavy atom. The van der Waals surface area contributed by atoms with Gasteiger partial charge in [0.15, 0.2) is 0 Å². The lowest BCUT2D eigenvalue weighted by Crippen LogP contribution is -2.45. The molecule has 0 aromatic carbocycles. The van der Waals surface area contributed by atoms with Crippen LogP contribution in [0.5, 0.6) is 0 Å². The molecule has 0 spiro atoms. The van der Waals surface area contributed by atoms with Crippen molar-refractivity contribution in [2.24, 2.45) is 0 Å². The molecule has 1 heterocycles. The molecule has 98 valence electrons. The number of carboxylic acid groups (broad SMARTS) is 1. The van der Waals surface area contributed by atoms with Crippen molar-refractivity contribution in [3.63, 3.8) is 0 Å². The van der Waals surface area contributed by atoms with Crippen molar-refractivity contribution in [3.05, 3.63) is 0 Å². The summed E-state index contributed by atoms with van der Waals surface area (Å²) in [5.41, 5.74) is 0. The highest BCUT2D eigenvalue weighted by Crippen LogP contribution is 2.14. The molecule has 0 aliphatic carbocycles. The van der Waals surface area contributed by atoms with E-state index in [9.17, 15) is 9.59 Å². The molecule has 1 fully saturated rings. The van der Waals surface area contributed by atoms with Gasteiger partial charge in [-0.1, -0.05) is 0 Å². The van der Waals surface area contributed by atoms with Crippen molar-refractivity contribution in [2.45, 2.75) is 44.8 Å². The Bertz CT molecular complexity index is 264. The Kier molecular flexibility index (Phi) is 5.76. The highest BCUT2D eigenvalue weighted by atomic mass is 16.5. The monoisotopic (exact) mass is 244 g/mol. The van der Waals surface area contributed by atoms with Crippen LogP contribution < -0.4 is 10.6 Å². The predicted molar refractivity (Wildman–Crippen MR) is 61.8 cm³/mol. The lowest BCUT2D eigenvalue weighted by atomic mass is 10.1. The topological polar surface area (TPSA) is 87.7 Å². The van der Waals surface area contributed by atoms with Gasteiger partial charge in [0.25, 0.3) is 0 Å². The first kappa shape index (κ1) is 13.8. The van der Waals surface area contributed by atoms with Gasteiger partial charge in [0.2, 0.25) is 0 Å². The number of nitrogens with one attached hydrogen (secondary N) is 2. The maximum Gasteiger partial charge on any atom is 0.325 e. The van der Waals surface area contributed by atoms with E-state index in [1.165, 1.54) is 13.3 Å². The van der Waals surface area contributed by atoms with E-state index in [0.717, 1.165) is 25.9 Å². The van der Waals surface area contributed by atoms with E-state index in [4.69, 9.17) is 9.84 Å². The quantitative estimate of drug-likeness (QED) is 0.665. The van der Waals surface area contributed by atoms with Crippen LogP contribution in [-0.4, -0.2) is 42.4 Å². The maximum atomic E-state index is 11.3. The molecule has 1 rings (SSSR count). The number of carbonyl (C=O) groups excluding carboxylic acids is 1. The third kappa shape index (κ3) is 5.53. The molecule has 2 atom stereocenters. The van der Waals surface area contributed by atoms with Crippen LogP contribution in [0.2, 0.25) is 0 Å². The van der Waals surface area contributed by atoms with Crippen molar-refractivity contribution in [1.82, 2.24) is 10.6 Å². The Balaban J connectivity index is 2.09. The number of urea groups is 1. The largest absolute Gasteiger partial charge is 0.480 e. The fraction of sp³-hybridized carbons (Fsp3) is 0.818. The second-order valence-electron chi connectivity index (χ2n) is 4.24. The van der Waals surface area contributed by atoms with E-state index >= 15 is 0 Å². The number of rotatable bonds is 5. The van der Waals surface area contributed by atoms with E-state index in [0.29, 0.717) is 6.54 Å². The Morgan fingerprint density at radius 3 is 2.82 bits per heavy atom. The summed E-state index contributed by atoms with van der Waals surface area (Å²) in [4.78, 5) is 21.8. The molecule has 1 aliphatic rings. The Hall–Kier alpha value is -1.30. The van der Waals surface area contributed by atoms with Gasteiger partial charge in [-0.05, 0) is 32.6 Å². The number of hydrogen-bond acceptors (Lipinski definition) is 3. The van der Waals surface area contributed by atoms with Gasteiger partial charge in [-0.15, -0.1) is 0 Å². The summed E-state index contributed by atoms with van der Waals surface area (Å²) in [6.45, 7) is 2.72. The lowest BCUT2D eigenvalue weighted by Gasteiger charge is -2.22. The molecule has 17 heavy (non-hydrogen) atoms. The molecule has 6 heteroatoms. The predicted octanol–water partition coefficient (Wildman–Crippen LogP) is 0.718.